The molecule has 0 amide bonds. The molecule has 2 aromatic rings. The minimum absolute atomic E-state index is 0.275. The zero-order valence-corrected chi connectivity index (χ0v) is 13.4. The van der Waals surface area contributed by atoms with E-state index in [1.165, 1.54) is 12.1 Å². The van der Waals surface area contributed by atoms with Crippen molar-refractivity contribution in [2.24, 2.45) is 0 Å². The topological polar surface area (TPSA) is 43.7 Å². The first-order chi connectivity index (χ1) is 11.0. The Kier molecular flexibility index (Phi) is 6.71. The van der Waals surface area contributed by atoms with Crippen LogP contribution in [0, 0.1) is 5.82 Å². The van der Waals surface area contributed by atoms with Gasteiger partial charge in [-0.15, -0.1) is 0 Å². The van der Waals surface area contributed by atoms with Crippen LogP contribution in [0.2, 0.25) is 0 Å². The second kappa shape index (κ2) is 8.77. The fraction of sp³-hybridized carbons (Fsp3) is 0.368. The largest absolute Gasteiger partial charge is 0.392 e. The van der Waals surface area contributed by atoms with Crippen molar-refractivity contribution in [2.75, 3.05) is 13.1 Å². The lowest BCUT2D eigenvalue weighted by Crippen LogP contribution is -2.37. The van der Waals surface area contributed by atoms with E-state index in [2.05, 4.69) is 0 Å². The number of aliphatic hydroxyl groups is 2. The second-order valence-corrected chi connectivity index (χ2v) is 6.01. The van der Waals surface area contributed by atoms with Gasteiger partial charge in [-0.3, -0.25) is 4.90 Å². The Hall–Kier alpha value is -1.75. The second-order valence-electron chi connectivity index (χ2n) is 6.01. The van der Waals surface area contributed by atoms with Crippen molar-refractivity contribution >= 4 is 0 Å². The van der Waals surface area contributed by atoms with Gasteiger partial charge >= 0.3 is 0 Å². The summed E-state index contributed by atoms with van der Waals surface area (Å²) >= 11 is 0. The van der Waals surface area contributed by atoms with Gasteiger partial charge in [-0.2, -0.15) is 0 Å². The van der Waals surface area contributed by atoms with Crippen LogP contribution < -0.4 is 0 Å². The summed E-state index contributed by atoms with van der Waals surface area (Å²) in [5, 5.41) is 20.0. The monoisotopic (exact) mass is 317 g/mol. The molecule has 4 heteroatoms. The highest BCUT2D eigenvalue weighted by Crippen LogP contribution is 2.10. The molecule has 2 unspecified atom stereocenters. The molecule has 0 bridgehead atoms. The van der Waals surface area contributed by atoms with E-state index in [4.69, 9.17) is 0 Å². The molecule has 0 fully saturated rings. The van der Waals surface area contributed by atoms with Crippen LogP contribution in [0.25, 0.3) is 0 Å². The lowest BCUT2D eigenvalue weighted by molar-refractivity contribution is 0.0720. The van der Waals surface area contributed by atoms with Gasteiger partial charge in [0, 0.05) is 19.6 Å². The molecular weight excluding hydrogens is 293 g/mol. The van der Waals surface area contributed by atoms with Crippen molar-refractivity contribution in [3.05, 3.63) is 71.5 Å². The Morgan fingerprint density at radius 2 is 1.57 bits per heavy atom. The fourth-order valence-corrected chi connectivity index (χ4v) is 2.67. The fourth-order valence-electron chi connectivity index (χ4n) is 2.67. The molecule has 0 aliphatic carbocycles. The average Bonchev–Trinajstić information content (AvgIpc) is 2.50. The van der Waals surface area contributed by atoms with Crippen molar-refractivity contribution in [1.29, 1.82) is 0 Å². The average molecular weight is 317 g/mol. The van der Waals surface area contributed by atoms with Gasteiger partial charge in [-0.05, 0) is 36.6 Å². The summed E-state index contributed by atoms with van der Waals surface area (Å²) in [5.74, 6) is -0.275. The van der Waals surface area contributed by atoms with Crippen molar-refractivity contribution < 1.29 is 14.6 Å². The maximum atomic E-state index is 12.9. The zero-order chi connectivity index (χ0) is 16.7. The predicted octanol–water partition coefficient (Wildman–Crippen LogP) is 2.61. The van der Waals surface area contributed by atoms with Crippen LogP contribution in [-0.2, 0) is 13.0 Å². The van der Waals surface area contributed by atoms with Gasteiger partial charge in [0.2, 0.25) is 0 Å². The van der Waals surface area contributed by atoms with E-state index < -0.39 is 12.2 Å². The minimum Gasteiger partial charge on any atom is -0.392 e. The Balaban J connectivity index is 1.94. The number of hydrogen-bond donors (Lipinski definition) is 2. The predicted molar refractivity (Wildman–Crippen MR) is 89.5 cm³/mol. The molecule has 0 aliphatic heterocycles. The van der Waals surface area contributed by atoms with Gasteiger partial charge in [0.1, 0.15) is 5.82 Å². The highest BCUT2D eigenvalue weighted by molar-refractivity contribution is 5.17. The van der Waals surface area contributed by atoms with Crippen LogP contribution in [0.5, 0.6) is 0 Å². The molecule has 0 heterocycles. The maximum Gasteiger partial charge on any atom is 0.123 e. The molecule has 2 atom stereocenters. The Bertz CT molecular complexity index is 572. The minimum atomic E-state index is -0.567. The van der Waals surface area contributed by atoms with Crippen molar-refractivity contribution in [3.63, 3.8) is 0 Å². The molecule has 124 valence electrons. The maximum absolute atomic E-state index is 12.9. The highest BCUT2D eigenvalue weighted by Gasteiger charge is 2.15. The molecule has 0 spiro atoms. The SMILES string of the molecule is CC(O)CN(Cc1ccccc1)CC(O)Cc1ccc(F)cc1. The molecule has 0 radical (unpaired) electrons. The van der Waals surface area contributed by atoms with Crippen LogP contribution in [0.15, 0.2) is 54.6 Å². The van der Waals surface area contributed by atoms with E-state index in [1.54, 1.807) is 19.1 Å². The molecule has 0 saturated heterocycles. The first kappa shape index (κ1) is 17.6. The summed E-state index contributed by atoms with van der Waals surface area (Å²) in [4.78, 5) is 2.04. The Labute approximate surface area is 137 Å². The lowest BCUT2D eigenvalue weighted by Gasteiger charge is -2.26. The summed E-state index contributed by atoms with van der Waals surface area (Å²) in [6, 6.07) is 16.2. The third kappa shape index (κ3) is 6.48. The third-order valence-corrected chi connectivity index (χ3v) is 3.62. The van der Waals surface area contributed by atoms with E-state index in [1.807, 2.05) is 35.2 Å². The van der Waals surface area contributed by atoms with E-state index in [-0.39, 0.29) is 5.82 Å². The molecule has 2 rings (SSSR count). The molecule has 0 aliphatic rings. The van der Waals surface area contributed by atoms with Gasteiger partial charge in [-0.25, -0.2) is 4.39 Å². The van der Waals surface area contributed by atoms with Crippen LogP contribution in [0.1, 0.15) is 18.1 Å². The molecular formula is C19H24FNO2. The number of rotatable bonds is 8. The molecule has 3 nitrogen and oxygen atoms in total. The van der Waals surface area contributed by atoms with E-state index in [0.29, 0.717) is 26.1 Å². The summed E-state index contributed by atoms with van der Waals surface area (Å²) in [7, 11) is 0. The number of halogens is 1. The molecule has 2 aromatic carbocycles. The number of hydrogen-bond acceptors (Lipinski definition) is 3. The van der Waals surface area contributed by atoms with Crippen LogP contribution in [0.4, 0.5) is 4.39 Å². The summed E-state index contributed by atoms with van der Waals surface area (Å²) in [6.07, 6.45) is -0.564. The van der Waals surface area contributed by atoms with Crippen molar-refractivity contribution in [2.45, 2.75) is 32.1 Å². The lowest BCUT2D eigenvalue weighted by atomic mass is 10.1. The normalized spacial score (nSPS) is 14.0. The van der Waals surface area contributed by atoms with Crippen LogP contribution >= 0.6 is 0 Å². The van der Waals surface area contributed by atoms with E-state index >= 15 is 0 Å². The Morgan fingerprint density at radius 1 is 0.913 bits per heavy atom. The molecule has 0 saturated carbocycles. The highest BCUT2D eigenvalue weighted by atomic mass is 19.1. The third-order valence-electron chi connectivity index (χ3n) is 3.62. The summed E-state index contributed by atoms with van der Waals surface area (Å²) < 4.78 is 12.9. The van der Waals surface area contributed by atoms with Gasteiger partial charge in [0.05, 0.1) is 12.2 Å². The van der Waals surface area contributed by atoms with Crippen molar-refractivity contribution in [1.82, 2.24) is 4.90 Å². The summed E-state index contributed by atoms with van der Waals surface area (Å²) in [5.41, 5.74) is 2.04. The van der Waals surface area contributed by atoms with Gasteiger partial charge < -0.3 is 10.2 Å². The van der Waals surface area contributed by atoms with Gasteiger partial charge in [0.25, 0.3) is 0 Å². The number of benzene rings is 2. The number of nitrogens with zero attached hydrogens (tertiary/aromatic N) is 1. The first-order valence-electron chi connectivity index (χ1n) is 7.90. The standard InChI is InChI=1S/C19H24FNO2/c1-15(22)12-21(13-17-5-3-2-4-6-17)14-19(23)11-16-7-9-18(20)10-8-16/h2-10,15,19,22-23H,11-14H2,1H3. The number of aliphatic hydroxyl groups excluding tert-OH is 2. The summed E-state index contributed by atoms with van der Waals surface area (Å²) in [6.45, 7) is 3.36. The molecule has 23 heavy (non-hydrogen) atoms. The van der Waals surface area contributed by atoms with Crippen molar-refractivity contribution in [3.8, 4) is 0 Å². The van der Waals surface area contributed by atoms with E-state index in [9.17, 15) is 14.6 Å². The Morgan fingerprint density at radius 3 is 2.17 bits per heavy atom. The molecule has 0 aromatic heterocycles. The zero-order valence-electron chi connectivity index (χ0n) is 13.4. The van der Waals surface area contributed by atoms with E-state index in [0.717, 1.165) is 11.1 Å². The van der Waals surface area contributed by atoms with Gasteiger partial charge in [0.15, 0.2) is 0 Å². The van der Waals surface area contributed by atoms with Crippen LogP contribution in [-0.4, -0.2) is 40.4 Å². The van der Waals surface area contributed by atoms with Crippen LogP contribution in [0.3, 0.4) is 0 Å². The van der Waals surface area contributed by atoms with Gasteiger partial charge in [-0.1, -0.05) is 42.5 Å². The molecule has 2 N–H and O–H groups in total. The quantitative estimate of drug-likeness (QED) is 0.786. The first-order valence-corrected chi connectivity index (χ1v) is 7.90. The smallest absolute Gasteiger partial charge is 0.123 e.